The highest BCUT2D eigenvalue weighted by Gasteiger charge is 2.19. The van der Waals surface area contributed by atoms with Crippen LogP contribution in [0.4, 0.5) is 0 Å². The highest BCUT2D eigenvalue weighted by Crippen LogP contribution is 2.17. The quantitative estimate of drug-likeness (QED) is 0.0261. The molecule has 79 heavy (non-hydrogen) atoms. The molecule has 0 aromatic carbocycles. The fraction of sp³-hybridized carbons (Fsp3) is 0.849. The lowest BCUT2D eigenvalue weighted by Gasteiger charge is -2.18. The molecule has 0 bridgehead atoms. The minimum atomic E-state index is -0.778. The van der Waals surface area contributed by atoms with Crippen LogP contribution in [0.15, 0.2) is 48.6 Å². The smallest absolute Gasteiger partial charge is 0.306 e. The predicted molar refractivity (Wildman–Crippen MR) is 344 cm³/mol. The number of ether oxygens (including phenoxy) is 3. The molecule has 0 spiro atoms. The maximum Gasteiger partial charge on any atom is 0.306 e. The molecule has 0 saturated carbocycles. The third-order valence-electron chi connectivity index (χ3n) is 15.8. The van der Waals surface area contributed by atoms with E-state index < -0.39 is 6.10 Å². The van der Waals surface area contributed by atoms with Crippen molar-refractivity contribution < 1.29 is 28.6 Å². The van der Waals surface area contributed by atoms with Crippen molar-refractivity contribution in [3.8, 4) is 0 Å². The number of carbonyl (C=O) groups is 3. The summed E-state index contributed by atoms with van der Waals surface area (Å²) in [6.07, 6.45) is 85.5. The number of rotatable bonds is 65. The summed E-state index contributed by atoms with van der Waals surface area (Å²) in [4.78, 5) is 38.5. The summed E-state index contributed by atoms with van der Waals surface area (Å²) in [5.41, 5.74) is 0. The minimum Gasteiger partial charge on any atom is -0.462 e. The first kappa shape index (κ1) is 76.4. The van der Waals surface area contributed by atoms with Gasteiger partial charge in [0.1, 0.15) is 13.2 Å². The maximum absolute atomic E-state index is 13.0. The van der Waals surface area contributed by atoms with Crippen LogP contribution in [0.25, 0.3) is 0 Å². The molecule has 0 aromatic rings. The van der Waals surface area contributed by atoms with Gasteiger partial charge >= 0.3 is 17.9 Å². The Hall–Kier alpha value is -2.63. The highest BCUT2D eigenvalue weighted by molar-refractivity contribution is 5.71. The molecule has 0 fully saturated rings. The molecule has 1 unspecified atom stereocenters. The number of hydrogen-bond acceptors (Lipinski definition) is 6. The number of allylic oxidation sites excluding steroid dienone is 8. The van der Waals surface area contributed by atoms with Crippen molar-refractivity contribution in [2.24, 2.45) is 0 Å². The van der Waals surface area contributed by atoms with Crippen molar-refractivity contribution in [3.05, 3.63) is 48.6 Å². The van der Waals surface area contributed by atoms with Gasteiger partial charge in [-0.25, -0.2) is 0 Å². The topological polar surface area (TPSA) is 78.9 Å². The van der Waals surface area contributed by atoms with E-state index in [9.17, 15) is 14.4 Å². The van der Waals surface area contributed by atoms with E-state index in [1.807, 2.05) is 0 Å². The minimum absolute atomic E-state index is 0.0734. The molecule has 0 rings (SSSR count). The molecule has 0 aliphatic heterocycles. The summed E-state index contributed by atoms with van der Waals surface area (Å²) in [6, 6.07) is 0. The predicted octanol–water partition coefficient (Wildman–Crippen LogP) is 24.1. The third kappa shape index (κ3) is 66.1. The lowest BCUT2D eigenvalue weighted by atomic mass is 10.1. The van der Waals surface area contributed by atoms with Crippen molar-refractivity contribution in [2.75, 3.05) is 13.2 Å². The van der Waals surface area contributed by atoms with Gasteiger partial charge in [-0.3, -0.25) is 14.4 Å². The second-order valence-electron chi connectivity index (χ2n) is 23.8. The fourth-order valence-electron chi connectivity index (χ4n) is 10.5. The van der Waals surface area contributed by atoms with Crippen molar-refractivity contribution in [2.45, 2.75) is 386 Å². The first-order valence-electron chi connectivity index (χ1n) is 35.1. The van der Waals surface area contributed by atoms with Crippen LogP contribution in [0.5, 0.6) is 0 Å². The van der Waals surface area contributed by atoms with Gasteiger partial charge in [-0.15, -0.1) is 0 Å². The summed E-state index contributed by atoms with van der Waals surface area (Å²) in [6.45, 7) is 6.68. The van der Waals surface area contributed by atoms with E-state index in [0.29, 0.717) is 19.3 Å². The highest BCUT2D eigenvalue weighted by atomic mass is 16.6. The van der Waals surface area contributed by atoms with Crippen LogP contribution in [0.3, 0.4) is 0 Å². The van der Waals surface area contributed by atoms with Crippen molar-refractivity contribution >= 4 is 17.9 Å². The number of hydrogen-bond donors (Lipinski definition) is 0. The van der Waals surface area contributed by atoms with Crippen molar-refractivity contribution in [3.63, 3.8) is 0 Å². The first-order valence-corrected chi connectivity index (χ1v) is 35.1. The van der Waals surface area contributed by atoms with Gasteiger partial charge in [0.05, 0.1) is 0 Å². The molecular formula is C73H134O6. The monoisotopic (exact) mass is 1110 g/mol. The van der Waals surface area contributed by atoms with E-state index in [1.54, 1.807) is 0 Å². The van der Waals surface area contributed by atoms with Crippen molar-refractivity contribution in [1.29, 1.82) is 0 Å². The molecule has 0 amide bonds. The normalized spacial score (nSPS) is 12.3. The Labute approximate surface area is 492 Å². The van der Waals surface area contributed by atoms with Gasteiger partial charge in [0.2, 0.25) is 0 Å². The third-order valence-corrected chi connectivity index (χ3v) is 15.8. The summed E-state index contributed by atoms with van der Waals surface area (Å²) >= 11 is 0. The van der Waals surface area contributed by atoms with E-state index in [0.717, 1.165) is 64.2 Å². The van der Waals surface area contributed by atoms with Crippen LogP contribution < -0.4 is 0 Å². The van der Waals surface area contributed by atoms with Crippen LogP contribution in [-0.4, -0.2) is 37.2 Å². The largest absolute Gasteiger partial charge is 0.462 e. The molecule has 0 aliphatic rings. The second kappa shape index (κ2) is 67.9. The molecular weight excluding hydrogens is 973 g/mol. The van der Waals surface area contributed by atoms with Crippen LogP contribution in [-0.2, 0) is 28.6 Å². The summed E-state index contributed by atoms with van der Waals surface area (Å²) < 4.78 is 17.0. The lowest BCUT2D eigenvalue weighted by Crippen LogP contribution is -2.30. The summed E-state index contributed by atoms with van der Waals surface area (Å²) in [5.74, 6) is -0.856. The van der Waals surface area contributed by atoms with Gasteiger partial charge < -0.3 is 14.2 Å². The zero-order chi connectivity index (χ0) is 57.1. The Morgan fingerprint density at radius 2 is 0.456 bits per heavy atom. The molecule has 1 atom stereocenters. The molecule has 6 heteroatoms. The van der Waals surface area contributed by atoms with Crippen LogP contribution >= 0.6 is 0 Å². The molecule has 0 aromatic heterocycles. The van der Waals surface area contributed by atoms with E-state index in [2.05, 4.69) is 69.4 Å². The molecule has 0 radical (unpaired) electrons. The maximum atomic E-state index is 13.0. The zero-order valence-corrected chi connectivity index (χ0v) is 53.2. The Balaban J connectivity index is 4.35. The van der Waals surface area contributed by atoms with E-state index in [-0.39, 0.29) is 31.1 Å². The van der Waals surface area contributed by atoms with Crippen LogP contribution in [0.2, 0.25) is 0 Å². The number of esters is 3. The Morgan fingerprint density at radius 1 is 0.253 bits per heavy atom. The number of carbonyl (C=O) groups excluding carboxylic acids is 3. The standard InChI is InChI=1S/C73H134O6/c1-4-7-10-13-16-19-22-25-28-31-34-36-39-42-45-48-51-54-57-60-63-66-72(75)78-69-70(68-77-71(74)65-62-59-56-53-50-47-44-41-38-33-30-27-24-21-18-15-12-9-6-3)79-73(76)67-64-61-58-55-52-49-46-43-40-37-35-32-29-26-23-20-17-14-11-8-5-2/h18,21,27,30-32,34-35,70H,4-17,19-20,22-26,28-29,33,36-69H2,1-3H3/b21-18-,30-27-,34-31-,35-32-. The van der Waals surface area contributed by atoms with E-state index in [1.165, 1.54) is 276 Å². The summed E-state index contributed by atoms with van der Waals surface area (Å²) in [5, 5.41) is 0. The van der Waals surface area contributed by atoms with Crippen molar-refractivity contribution in [1.82, 2.24) is 0 Å². The van der Waals surface area contributed by atoms with E-state index >= 15 is 0 Å². The van der Waals surface area contributed by atoms with Gasteiger partial charge in [0.25, 0.3) is 0 Å². The fourth-order valence-corrected chi connectivity index (χ4v) is 10.5. The molecule has 0 aliphatic carbocycles. The van der Waals surface area contributed by atoms with Gasteiger partial charge in [0.15, 0.2) is 6.10 Å². The second-order valence-corrected chi connectivity index (χ2v) is 23.8. The lowest BCUT2D eigenvalue weighted by molar-refractivity contribution is -0.167. The van der Waals surface area contributed by atoms with E-state index in [4.69, 9.17) is 14.2 Å². The Bertz CT molecular complexity index is 1360. The molecule has 462 valence electrons. The summed E-state index contributed by atoms with van der Waals surface area (Å²) in [7, 11) is 0. The van der Waals surface area contributed by atoms with Crippen LogP contribution in [0.1, 0.15) is 380 Å². The van der Waals surface area contributed by atoms with Gasteiger partial charge in [-0.2, -0.15) is 0 Å². The average Bonchev–Trinajstić information content (AvgIpc) is 3.45. The average molecular weight is 1110 g/mol. The molecule has 0 heterocycles. The van der Waals surface area contributed by atoms with Gasteiger partial charge in [0, 0.05) is 19.3 Å². The van der Waals surface area contributed by atoms with Gasteiger partial charge in [-0.05, 0) is 103 Å². The zero-order valence-electron chi connectivity index (χ0n) is 53.2. The Morgan fingerprint density at radius 3 is 0.734 bits per heavy atom. The Kier molecular flexibility index (Phi) is 65.6. The van der Waals surface area contributed by atoms with Gasteiger partial charge in [-0.1, -0.05) is 307 Å². The number of unbranched alkanes of at least 4 members (excludes halogenated alkanes) is 46. The molecule has 0 N–H and O–H groups in total. The first-order chi connectivity index (χ1) is 39.0. The van der Waals surface area contributed by atoms with Crippen LogP contribution in [0, 0.1) is 0 Å². The molecule has 0 saturated heterocycles. The molecule has 6 nitrogen and oxygen atoms in total. The SMILES string of the molecule is CCCCC/C=C\C/C=C\CCCCCCCCCCCC(=O)OCC(COC(=O)CCCCCCCCCCC/C=C\CCCCCCCCCC)OC(=O)CCCCCCCCCCC/C=C\CCCCCCCCCC.